The number of rotatable bonds is 4. The van der Waals surface area contributed by atoms with Crippen molar-refractivity contribution in [2.75, 3.05) is 13.1 Å². The normalized spacial score (nSPS) is 18.2. The highest BCUT2D eigenvalue weighted by Gasteiger charge is 2.26. The fraction of sp³-hybridized carbons (Fsp3) is 0.400. The number of nitrogens with zero attached hydrogens (tertiary/aromatic N) is 1. The first kappa shape index (κ1) is 15.2. The van der Waals surface area contributed by atoms with Gasteiger partial charge in [-0.3, -0.25) is 0 Å². The van der Waals surface area contributed by atoms with E-state index in [1.54, 1.807) is 13.8 Å². The molecule has 2 aromatic rings. The highest BCUT2D eigenvalue weighted by molar-refractivity contribution is 7.89. The maximum Gasteiger partial charge on any atom is 0.246 e. The lowest BCUT2D eigenvalue weighted by Crippen LogP contribution is -2.39. The quantitative estimate of drug-likeness (QED) is 0.890. The highest BCUT2D eigenvalue weighted by Crippen LogP contribution is 2.23. The molecule has 1 atom stereocenters. The first-order valence-electron chi connectivity index (χ1n) is 7.23. The van der Waals surface area contributed by atoms with Gasteiger partial charge < -0.3 is 9.84 Å². The van der Waals surface area contributed by atoms with Gasteiger partial charge in [0.15, 0.2) is 5.76 Å². The van der Waals surface area contributed by atoms with Crippen LogP contribution in [0.25, 0.3) is 0 Å². The monoisotopic (exact) mass is 321 g/mol. The first-order chi connectivity index (χ1) is 10.5. The van der Waals surface area contributed by atoms with E-state index in [1.807, 2.05) is 18.2 Å². The van der Waals surface area contributed by atoms with Gasteiger partial charge in [0.1, 0.15) is 10.6 Å². The molecule has 6 nitrogen and oxygen atoms in total. The lowest BCUT2D eigenvalue weighted by atomic mass is 9.95. The SMILES string of the molecule is Cc1noc(C)c1S(=O)(=O)NCC1NCCc2ccccc21. The van der Waals surface area contributed by atoms with Crippen LogP contribution in [0.2, 0.25) is 0 Å². The molecule has 22 heavy (non-hydrogen) atoms. The molecule has 0 bridgehead atoms. The Morgan fingerprint density at radius 2 is 2.14 bits per heavy atom. The van der Waals surface area contributed by atoms with Crippen molar-refractivity contribution in [3.63, 3.8) is 0 Å². The van der Waals surface area contributed by atoms with Crippen molar-refractivity contribution < 1.29 is 12.9 Å². The van der Waals surface area contributed by atoms with E-state index < -0.39 is 10.0 Å². The molecule has 1 aromatic heterocycles. The number of aryl methyl sites for hydroxylation is 2. The number of hydrogen-bond acceptors (Lipinski definition) is 5. The number of nitrogens with one attached hydrogen (secondary N) is 2. The van der Waals surface area contributed by atoms with Gasteiger partial charge in [-0.1, -0.05) is 29.4 Å². The maximum absolute atomic E-state index is 12.5. The minimum Gasteiger partial charge on any atom is -0.360 e. The summed E-state index contributed by atoms with van der Waals surface area (Å²) in [4.78, 5) is 0.136. The molecule has 1 aliphatic rings. The molecular formula is C15H19N3O3S. The average molecular weight is 321 g/mol. The predicted octanol–water partition coefficient (Wildman–Crippen LogP) is 1.46. The second-order valence-electron chi connectivity index (χ2n) is 5.46. The number of hydrogen-bond donors (Lipinski definition) is 2. The van der Waals surface area contributed by atoms with Crippen molar-refractivity contribution in [1.29, 1.82) is 0 Å². The number of fused-ring (bicyclic) bond motifs is 1. The van der Waals surface area contributed by atoms with Gasteiger partial charge >= 0.3 is 0 Å². The Morgan fingerprint density at radius 3 is 2.86 bits per heavy atom. The second kappa shape index (κ2) is 5.83. The lowest BCUT2D eigenvalue weighted by molar-refractivity contribution is 0.390. The van der Waals surface area contributed by atoms with E-state index in [2.05, 4.69) is 21.3 Å². The molecule has 1 unspecified atom stereocenters. The minimum absolute atomic E-state index is 0.0276. The number of benzene rings is 1. The van der Waals surface area contributed by atoms with E-state index in [4.69, 9.17) is 4.52 Å². The van der Waals surface area contributed by atoms with Crippen molar-refractivity contribution >= 4 is 10.0 Å². The summed E-state index contributed by atoms with van der Waals surface area (Å²) in [7, 11) is -3.63. The van der Waals surface area contributed by atoms with Crippen molar-refractivity contribution in [2.24, 2.45) is 0 Å². The van der Waals surface area contributed by atoms with Gasteiger partial charge in [-0.25, -0.2) is 13.1 Å². The zero-order valence-corrected chi connectivity index (χ0v) is 13.4. The summed E-state index contributed by atoms with van der Waals surface area (Å²) in [6.07, 6.45) is 0.962. The van der Waals surface area contributed by atoms with Gasteiger partial charge in [-0.2, -0.15) is 0 Å². The van der Waals surface area contributed by atoms with Crippen LogP contribution >= 0.6 is 0 Å². The van der Waals surface area contributed by atoms with Crippen LogP contribution < -0.4 is 10.0 Å². The molecule has 0 spiro atoms. The number of sulfonamides is 1. The number of aromatic nitrogens is 1. The Morgan fingerprint density at radius 1 is 1.36 bits per heavy atom. The summed E-state index contributed by atoms with van der Waals surface area (Å²) in [5.41, 5.74) is 2.79. The van der Waals surface area contributed by atoms with E-state index in [1.165, 1.54) is 5.56 Å². The first-order valence-corrected chi connectivity index (χ1v) is 8.71. The van der Waals surface area contributed by atoms with Gasteiger partial charge in [0, 0.05) is 12.6 Å². The van der Waals surface area contributed by atoms with Gasteiger partial charge in [0.25, 0.3) is 0 Å². The summed E-state index contributed by atoms with van der Waals surface area (Å²) in [6.45, 7) is 4.36. The Kier molecular flexibility index (Phi) is 4.03. The van der Waals surface area contributed by atoms with Crippen molar-refractivity contribution in [3.05, 3.63) is 46.8 Å². The van der Waals surface area contributed by atoms with Crippen LogP contribution in [-0.2, 0) is 16.4 Å². The van der Waals surface area contributed by atoms with Crippen molar-refractivity contribution in [3.8, 4) is 0 Å². The summed E-state index contributed by atoms with van der Waals surface area (Å²) in [5, 5.41) is 7.06. The van der Waals surface area contributed by atoms with E-state index in [-0.39, 0.29) is 10.9 Å². The molecule has 7 heteroatoms. The van der Waals surface area contributed by atoms with Crippen LogP contribution in [0, 0.1) is 13.8 Å². The van der Waals surface area contributed by atoms with Gasteiger partial charge in [0.2, 0.25) is 10.0 Å². The molecule has 1 aromatic carbocycles. The molecule has 0 aliphatic carbocycles. The third-order valence-corrected chi connectivity index (χ3v) is 5.60. The smallest absolute Gasteiger partial charge is 0.246 e. The van der Waals surface area contributed by atoms with Crippen LogP contribution in [0.3, 0.4) is 0 Å². The minimum atomic E-state index is -3.63. The molecule has 1 aliphatic heterocycles. The maximum atomic E-state index is 12.5. The third-order valence-electron chi connectivity index (χ3n) is 3.93. The third kappa shape index (κ3) is 2.79. The van der Waals surface area contributed by atoms with E-state index >= 15 is 0 Å². The zero-order chi connectivity index (χ0) is 15.7. The summed E-state index contributed by atoms with van der Waals surface area (Å²) in [6, 6.07) is 8.08. The summed E-state index contributed by atoms with van der Waals surface area (Å²) < 4.78 is 32.5. The van der Waals surface area contributed by atoms with Crippen LogP contribution in [0.4, 0.5) is 0 Å². The van der Waals surface area contributed by atoms with E-state index in [9.17, 15) is 8.42 Å². The lowest BCUT2D eigenvalue weighted by Gasteiger charge is -2.27. The molecule has 0 saturated carbocycles. The Bertz CT molecular complexity index is 764. The standard InChI is InChI=1S/C15H19N3O3S/c1-10-15(11(2)21-18-10)22(19,20)17-9-14-13-6-4-3-5-12(13)7-8-16-14/h3-6,14,16-17H,7-9H2,1-2H3. The topological polar surface area (TPSA) is 84.2 Å². The van der Waals surface area contributed by atoms with Crippen molar-refractivity contribution in [1.82, 2.24) is 15.2 Å². The fourth-order valence-corrected chi connectivity index (χ4v) is 4.27. The molecular weight excluding hydrogens is 302 g/mol. The van der Waals surface area contributed by atoms with Gasteiger partial charge in [-0.15, -0.1) is 0 Å². The largest absolute Gasteiger partial charge is 0.360 e. The molecule has 0 radical (unpaired) electrons. The zero-order valence-electron chi connectivity index (χ0n) is 12.6. The van der Waals surface area contributed by atoms with E-state index in [0.717, 1.165) is 18.5 Å². The molecule has 2 N–H and O–H groups in total. The molecule has 3 rings (SSSR count). The molecule has 118 valence electrons. The van der Waals surface area contributed by atoms with Gasteiger partial charge in [-0.05, 0) is 37.9 Å². The van der Waals surface area contributed by atoms with Crippen LogP contribution in [0.1, 0.15) is 28.6 Å². The van der Waals surface area contributed by atoms with Crippen LogP contribution in [0.15, 0.2) is 33.7 Å². The van der Waals surface area contributed by atoms with Crippen molar-refractivity contribution in [2.45, 2.75) is 31.2 Å². The fourth-order valence-electron chi connectivity index (χ4n) is 2.90. The molecule has 2 heterocycles. The molecule has 0 fully saturated rings. The van der Waals surface area contributed by atoms with Crippen LogP contribution in [0.5, 0.6) is 0 Å². The van der Waals surface area contributed by atoms with E-state index in [0.29, 0.717) is 18.0 Å². The second-order valence-corrected chi connectivity index (χ2v) is 7.16. The predicted molar refractivity (Wildman–Crippen MR) is 82.1 cm³/mol. The Balaban J connectivity index is 1.79. The van der Waals surface area contributed by atoms with Gasteiger partial charge in [0.05, 0.1) is 0 Å². The highest BCUT2D eigenvalue weighted by atomic mass is 32.2. The van der Waals surface area contributed by atoms with Crippen LogP contribution in [-0.4, -0.2) is 26.7 Å². The summed E-state index contributed by atoms with van der Waals surface area (Å²) >= 11 is 0. The average Bonchev–Trinajstić information content (AvgIpc) is 2.85. The molecule has 0 saturated heterocycles. The Labute approximate surface area is 129 Å². The summed E-state index contributed by atoms with van der Waals surface area (Å²) in [5.74, 6) is 0.307. The molecule has 0 amide bonds. The Hall–Kier alpha value is -1.70.